The Kier molecular flexibility index (Phi) is 4.50. The number of amides is 1. The van der Waals surface area contributed by atoms with Crippen LogP contribution in [0.15, 0.2) is 34.9 Å². The Labute approximate surface area is 120 Å². The Morgan fingerprint density at radius 1 is 1.43 bits per heavy atom. The van der Waals surface area contributed by atoms with Gasteiger partial charge in [0.25, 0.3) is 5.69 Å². The summed E-state index contributed by atoms with van der Waals surface area (Å²) in [6.45, 7) is 1.99. The molecule has 0 atom stereocenters. The standard InChI is InChI=1S/C13H14N4O4/c1-9-8-12(16-21-9)15-13(18)6-7-14-10-4-2-3-5-11(10)17(19)20/h2-5,8,14H,6-7H2,1H3,(H,15,16,18). The Morgan fingerprint density at radius 3 is 2.86 bits per heavy atom. The van der Waals surface area contributed by atoms with Gasteiger partial charge in [-0.15, -0.1) is 0 Å². The van der Waals surface area contributed by atoms with Crippen molar-refractivity contribution in [3.05, 3.63) is 46.2 Å². The van der Waals surface area contributed by atoms with Crippen LogP contribution in [0.2, 0.25) is 0 Å². The number of anilines is 2. The number of carbonyl (C=O) groups excluding carboxylic acids is 1. The highest BCUT2D eigenvalue weighted by molar-refractivity contribution is 5.90. The van der Waals surface area contributed by atoms with Crippen molar-refractivity contribution in [2.24, 2.45) is 0 Å². The molecule has 0 saturated carbocycles. The van der Waals surface area contributed by atoms with Gasteiger partial charge in [-0.1, -0.05) is 17.3 Å². The molecule has 8 heteroatoms. The number of rotatable bonds is 6. The van der Waals surface area contributed by atoms with Crippen LogP contribution < -0.4 is 10.6 Å². The van der Waals surface area contributed by atoms with E-state index >= 15 is 0 Å². The molecule has 0 radical (unpaired) electrons. The third kappa shape index (κ3) is 4.03. The number of hydrogen-bond donors (Lipinski definition) is 2. The largest absolute Gasteiger partial charge is 0.379 e. The molecule has 0 aliphatic carbocycles. The van der Waals surface area contributed by atoms with Crippen molar-refractivity contribution >= 4 is 23.1 Å². The maximum atomic E-state index is 11.7. The summed E-state index contributed by atoms with van der Waals surface area (Å²) < 4.78 is 4.83. The highest BCUT2D eigenvalue weighted by Crippen LogP contribution is 2.22. The lowest BCUT2D eigenvalue weighted by atomic mass is 10.2. The first-order chi connectivity index (χ1) is 10.1. The smallest absolute Gasteiger partial charge is 0.292 e. The molecule has 0 saturated heterocycles. The third-order valence-corrected chi connectivity index (χ3v) is 2.66. The number of aromatic nitrogens is 1. The zero-order chi connectivity index (χ0) is 15.2. The van der Waals surface area contributed by atoms with E-state index in [1.165, 1.54) is 6.07 Å². The fourth-order valence-corrected chi connectivity index (χ4v) is 1.72. The van der Waals surface area contributed by atoms with Crippen LogP contribution in [0, 0.1) is 17.0 Å². The Morgan fingerprint density at radius 2 is 2.19 bits per heavy atom. The van der Waals surface area contributed by atoms with E-state index in [-0.39, 0.29) is 24.6 Å². The van der Waals surface area contributed by atoms with Gasteiger partial charge in [-0.3, -0.25) is 14.9 Å². The van der Waals surface area contributed by atoms with E-state index in [0.717, 1.165) is 0 Å². The van der Waals surface area contributed by atoms with E-state index in [4.69, 9.17) is 4.52 Å². The van der Waals surface area contributed by atoms with Crippen molar-refractivity contribution in [2.75, 3.05) is 17.2 Å². The molecule has 0 aliphatic heterocycles. The molecule has 2 rings (SSSR count). The quantitative estimate of drug-likeness (QED) is 0.624. The van der Waals surface area contributed by atoms with Crippen LogP contribution in [0.5, 0.6) is 0 Å². The Balaban J connectivity index is 1.84. The minimum absolute atomic E-state index is 0.0231. The second kappa shape index (κ2) is 6.51. The molecule has 8 nitrogen and oxygen atoms in total. The predicted octanol–water partition coefficient (Wildman–Crippen LogP) is 2.33. The molecule has 110 valence electrons. The van der Waals surface area contributed by atoms with Gasteiger partial charge in [-0.05, 0) is 13.0 Å². The second-order valence-corrected chi connectivity index (χ2v) is 4.32. The number of benzene rings is 1. The monoisotopic (exact) mass is 290 g/mol. The lowest BCUT2D eigenvalue weighted by Gasteiger charge is -2.06. The van der Waals surface area contributed by atoms with Gasteiger partial charge in [0.15, 0.2) is 5.82 Å². The Bertz CT molecular complexity index is 653. The summed E-state index contributed by atoms with van der Waals surface area (Å²) in [5, 5.41) is 19.9. The van der Waals surface area contributed by atoms with Crippen LogP contribution in [0.25, 0.3) is 0 Å². The van der Waals surface area contributed by atoms with E-state index in [2.05, 4.69) is 15.8 Å². The number of nitrogens with one attached hydrogen (secondary N) is 2. The average molecular weight is 290 g/mol. The normalized spacial score (nSPS) is 10.1. The SMILES string of the molecule is Cc1cc(NC(=O)CCNc2ccccc2[N+](=O)[O-])no1. The van der Waals surface area contributed by atoms with Gasteiger partial charge in [0.05, 0.1) is 4.92 Å². The van der Waals surface area contributed by atoms with E-state index in [0.29, 0.717) is 17.3 Å². The lowest BCUT2D eigenvalue weighted by molar-refractivity contribution is -0.384. The fourth-order valence-electron chi connectivity index (χ4n) is 1.72. The molecule has 2 aromatic rings. The first-order valence-corrected chi connectivity index (χ1v) is 6.26. The maximum absolute atomic E-state index is 11.7. The number of nitrogens with zero attached hydrogens (tertiary/aromatic N) is 2. The molecule has 1 heterocycles. The molecule has 21 heavy (non-hydrogen) atoms. The Hall–Kier alpha value is -2.90. The second-order valence-electron chi connectivity index (χ2n) is 4.32. The van der Waals surface area contributed by atoms with Gasteiger partial charge in [-0.25, -0.2) is 0 Å². The number of carbonyl (C=O) groups is 1. The molecule has 2 N–H and O–H groups in total. The molecule has 1 amide bonds. The highest BCUT2D eigenvalue weighted by Gasteiger charge is 2.12. The summed E-state index contributed by atoms with van der Waals surface area (Å²) in [5.41, 5.74) is 0.359. The molecular weight excluding hydrogens is 276 g/mol. The minimum Gasteiger partial charge on any atom is -0.379 e. The van der Waals surface area contributed by atoms with E-state index < -0.39 is 4.92 Å². The number of nitro benzene ring substituents is 1. The average Bonchev–Trinajstić information content (AvgIpc) is 2.84. The van der Waals surface area contributed by atoms with Crippen molar-refractivity contribution in [2.45, 2.75) is 13.3 Å². The number of para-hydroxylation sites is 2. The molecular formula is C13H14N4O4. The molecule has 0 bridgehead atoms. The van der Waals surface area contributed by atoms with Crippen molar-refractivity contribution < 1.29 is 14.2 Å². The van der Waals surface area contributed by atoms with Gasteiger partial charge in [-0.2, -0.15) is 0 Å². The van der Waals surface area contributed by atoms with E-state index in [9.17, 15) is 14.9 Å². The molecule has 0 aliphatic rings. The third-order valence-electron chi connectivity index (χ3n) is 2.66. The summed E-state index contributed by atoms with van der Waals surface area (Å²) in [7, 11) is 0. The highest BCUT2D eigenvalue weighted by atomic mass is 16.6. The maximum Gasteiger partial charge on any atom is 0.292 e. The van der Waals surface area contributed by atoms with Gasteiger partial charge in [0.1, 0.15) is 11.4 Å². The first-order valence-electron chi connectivity index (χ1n) is 6.26. The van der Waals surface area contributed by atoms with Gasteiger partial charge < -0.3 is 15.2 Å². The lowest BCUT2D eigenvalue weighted by Crippen LogP contribution is -2.16. The number of nitro groups is 1. The van der Waals surface area contributed by atoms with Gasteiger partial charge in [0.2, 0.25) is 5.91 Å². The zero-order valence-electron chi connectivity index (χ0n) is 11.3. The van der Waals surface area contributed by atoms with E-state index in [1.807, 2.05) is 0 Å². The summed E-state index contributed by atoms with van der Waals surface area (Å²) in [4.78, 5) is 22.0. The number of aryl methyl sites for hydroxylation is 1. The van der Waals surface area contributed by atoms with Crippen molar-refractivity contribution in [1.29, 1.82) is 0 Å². The van der Waals surface area contributed by atoms with Crippen LogP contribution in [-0.4, -0.2) is 22.5 Å². The first kappa shape index (κ1) is 14.5. The summed E-state index contributed by atoms with van der Waals surface area (Å²) in [6, 6.07) is 7.88. The summed E-state index contributed by atoms with van der Waals surface area (Å²) >= 11 is 0. The fraction of sp³-hybridized carbons (Fsp3) is 0.231. The molecule has 0 unspecified atom stereocenters. The summed E-state index contributed by atoms with van der Waals surface area (Å²) in [5.74, 6) is 0.695. The van der Waals surface area contributed by atoms with Crippen molar-refractivity contribution in [3.63, 3.8) is 0 Å². The van der Waals surface area contributed by atoms with Crippen molar-refractivity contribution in [3.8, 4) is 0 Å². The molecule has 0 spiro atoms. The zero-order valence-corrected chi connectivity index (χ0v) is 11.3. The number of hydrogen-bond acceptors (Lipinski definition) is 6. The van der Waals surface area contributed by atoms with Crippen LogP contribution in [-0.2, 0) is 4.79 Å². The van der Waals surface area contributed by atoms with E-state index in [1.54, 1.807) is 31.2 Å². The van der Waals surface area contributed by atoms with Gasteiger partial charge >= 0.3 is 0 Å². The molecule has 0 fully saturated rings. The topological polar surface area (TPSA) is 110 Å². The predicted molar refractivity (Wildman–Crippen MR) is 76.1 cm³/mol. The minimum atomic E-state index is -0.472. The van der Waals surface area contributed by atoms with Gasteiger partial charge in [0, 0.05) is 25.1 Å². The van der Waals surface area contributed by atoms with Crippen LogP contribution in [0.3, 0.4) is 0 Å². The van der Waals surface area contributed by atoms with Crippen LogP contribution in [0.4, 0.5) is 17.2 Å². The summed E-state index contributed by atoms with van der Waals surface area (Å²) in [6.07, 6.45) is 0.151. The van der Waals surface area contributed by atoms with Crippen molar-refractivity contribution in [1.82, 2.24) is 5.16 Å². The molecule has 1 aromatic heterocycles. The van der Waals surface area contributed by atoms with Crippen LogP contribution >= 0.6 is 0 Å². The molecule has 1 aromatic carbocycles. The van der Waals surface area contributed by atoms with Crippen LogP contribution in [0.1, 0.15) is 12.2 Å².